The van der Waals surface area contributed by atoms with Gasteiger partial charge < -0.3 is 0 Å². The van der Waals surface area contributed by atoms with Gasteiger partial charge in [0.1, 0.15) is 5.82 Å². The molecule has 29 heavy (non-hydrogen) atoms. The zero-order chi connectivity index (χ0) is 19.8. The van der Waals surface area contributed by atoms with Crippen molar-refractivity contribution in [2.75, 3.05) is 0 Å². The number of nitrogens with zero attached hydrogens (tertiary/aromatic N) is 3. The Morgan fingerprint density at radius 1 is 0.897 bits per heavy atom. The van der Waals surface area contributed by atoms with Crippen molar-refractivity contribution < 1.29 is 4.39 Å². The minimum absolute atomic E-state index is 0.240. The molecule has 0 N–H and O–H groups in total. The Morgan fingerprint density at radius 2 is 1.76 bits per heavy atom. The quantitative estimate of drug-likeness (QED) is 0.379. The van der Waals surface area contributed by atoms with Gasteiger partial charge in [-0.2, -0.15) is 5.10 Å². The van der Waals surface area contributed by atoms with E-state index in [-0.39, 0.29) is 5.82 Å². The molecule has 5 rings (SSSR count). The smallest absolute Gasteiger partial charge is 0.131 e. The molecule has 3 aromatic carbocycles. The summed E-state index contributed by atoms with van der Waals surface area (Å²) in [5.41, 5.74) is 4.71. The zero-order valence-electron chi connectivity index (χ0n) is 15.9. The third kappa shape index (κ3) is 3.09. The minimum atomic E-state index is -0.240. The number of aromatic nitrogens is 3. The van der Waals surface area contributed by atoms with E-state index >= 15 is 0 Å². The molecule has 0 saturated carbocycles. The van der Waals surface area contributed by atoms with Gasteiger partial charge in [0.25, 0.3) is 0 Å². The molecule has 0 radical (unpaired) electrons. The molecular formula is C25H18FN3. The molecule has 0 saturated heterocycles. The monoisotopic (exact) mass is 379 g/mol. The number of hydrogen-bond acceptors (Lipinski definition) is 2. The number of fused-ring (bicyclic) bond motifs is 2. The molecule has 4 heteroatoms. The first kappa shape index (κ1) is 17.3. The summed E-state index contributed by atoms with van der Waals surface area (Å²) in [4.78, 5) is 4.31. The van der Waals surface area contributed by atoms with Crippen LogP contribution in [0.25, 0.3) is 45.0 Å². The number of halogens is 1. The number of rotatable bonds is 3. The van der Waals surface area contributed by atoms with Gasteiger partial charge in [-0.05, 0) is 35.4 Å². The summed E-state index contributed by atoms with van der Waals surface area (Å²) in [6, 6.07) is 21.3. The van der Waals surface area contributed by atoms with Gasteiger partial charge in [-0.25, -0.2) is 4.39 Å². The molecule has 0 bridgehead atoms. The van der Waals surface area contributed by atoms with Crippen molar-refractivity contribution >= 4 is 33.8 Å². The lowest BCUT2D eigenvalue weighted by molar-refractivity contribution is 0.640. The fourth-order valence-corrected chi connectivity index (χ4v) is 3.73. The normalized spacial score (nSPS) is 11.7. The molecule has 3 nitrogen and oxygen atoms in total. The van der Waals surface area contributed by atoms with Crippen LogP contribution in [0.4, 0.5) is 4.39 Å². The lowest BCUT2D eigenvalue weighted by Crippen LogP contribution is -1.90. The van der Waals surface area contributed by atoms with Crippen LogP contribution in [-0.2, 0) is 7.05 Å². The van der Waals surface area contributed by atoms with Gasteiger partial charge in [0.2, 0.25) is 0 Å². The van der Waals surface area contributed by atoms with Gasteiger partial charge in [-0.15, -0.1) is 0 Å². The second-order valence-electron chi connectivity index (χ2n) is 7.01. The first-order chi connectivity index (χ1) is 14.2. The van der Waals surface area contributed by atoms with Crippen molar-refractivity contribution in [2.45, 2.75) is 0 Å². The maximum absolute atomic E-state index is 14.6. The van der Waals surface area contributed by atoms with Gasteiger partial charge >= 0.3 is 0 Å². The summed E-state index contributed by atoms with van der Waals surface area (Å²) in [6.07, 6.45) is 7.48. The Bertz CT molecular complexity index is 1360. The fraction of sp³-hybridized carbons (Fsp3) is 0.0400. The van der Waals surface area contributed by atoms with Gasteiger partial charge in [-0.3, -0.25) is 9.67 Å². The number of pyridine rings is 1. The Kier molecular flexibility index (Phi) is 4.17. The molecule has 0 aliphatic heterocycles. The minimum Gasteiger partial charge on any atom is -0.267 e. The highest BCUT2D eigenvalue weighted by molar-refractivity contribution is 5.99. The maximum atomic E-state index is 14.6. The molecule has 0 aliphatic rings. The molecule has 0 atom stereocenters. The average Bonchev–Trinajstić information content (AvgIpc) is 3.08. The summed E-state index contributed by atoms with van der Waals surface area (Å²) in [5.74, 6) is -0.240. The summed E-state index contributed by atoms with van der Waals surface area (Å²) in [7, 11) is 1.93. The van der Waals surface area contributed by atoms with E-state index in [1.165, 1.54) is 6.07 Å². The molecule has 2 heterocycles. The van der Waals surface area contributed by atoms with E-state index in [1.807, 2.05) is 60.3 Å². The standard InChI is InChI=1S/C25H18FN3/c1-29-24-13-11-18(21-16-27-15-19-8-5-9-22(26)25(19)21)14-20(24)23(28-29)12-10-17-6-3-2-4-7-17/h2-16H,1H3/b12-10+. The van der Waals surface area contributed by atoms with Crippen molar-refractivity contribution in [3.05, 3.63) is 96.2 Å². The molecule has 0 spiro atoms. The van der Waals surface area contributed by atoms with E-state index < -0.39 is 0 Å². The Labute approximate surface area is 167 Å². The predicted octanol–water partition coefficient (Wildman–Crippen LogP) is 6.10. The molecule has 140 valence electrons. The van der Waals surface area contributed by atoms with Crippen molar-refractivity contribution in [3.8, 4) is 11.1 Å². The highest BCUT2D eigenvalue weighted by Gasteiger charge is 2.12. The van der Waals surface area contributed by atoms with Crippen LogP contribution in [0.3, 0.4) is 0 Å². The molecular weight excluding hydrogens is 361 g/mol. The van der Waals surface area contributed by atoms with E-state index in [0.29, 0.717) is 5.39 Å². The van der Waals surface area contributed by atoms with Crippen LogP contribution >= 0.6 is 0 Å². The second kappa shape index (κ2) is 6.99. The van der Waals surface area contributed by atoms with Crippen LogP contribution < -0.4 is 0 Å². The summed E-state index contributed by atoms with van der Waals surface area (Å²) in [6.45, 7) is 0. The summed E-state index contributed by atoms with van der Waals surface area (Å²) < 4.78 is 16.4. The molecule has 5 aromatic rings. The topological polar surface area (TPSA) is 30.7 Å². The van der Waals surface area contributed by atoms with Gasteiger partial charge in [0.15, 0.2) is 0 Å². The van der Waals surface area contributed by atoms with E-state index in [4.69, 9.17) is 0 Å². The molecule has 0 unspecified atom stereocenters. The van der Waals surface area contributed by atoms with Gasteiger partial charge in [0, 0.05) is 41.2 Å². The number of aryl methyl sites for hydroxylation is 1. The number of hydrogen-bond donors (Lipinski definition) is 0. The second-order valence-corrected chi connectivity index (χ2v) is 7.01. The van der Waals surface area contributed by atoms with Crippen LogP contribution in [0.1, 0.15) is 11.3 Å². The van der Waals surface area contributed by atoms with E-state index in [0.717, 1.165) is 38.7 Å². The molecule has 2 aromatic heterocycles. The van der Waals surface area contributed by atoms with Gasteiger partial charge in [-0.1, -0.05) is 54.6 Å². The van der Waals surface area contributed by atoms with E-state index in [9.17, 15) is 4.39 Å². The fourth-order valence-electron chi connectivity index (χ4n) is 3.73. The van der Waals surface area contributed by atoms with E-state index in [2.05, 4.69) is 28.3 Å². The van der Waals surface area contributed by atoms with Crippen molar-refractivity contribution in [2.24, 2.45) is 7.05 Å². The van der Waals surface area contributed by atoms with E-state index in [1.54, 1.807) is 18.5 Å². The highest BCUT2D eigenvalue weighted by Crippen LogP contribution is 2.32. The Balaban J connectivity index is 1.67. The zero-order valence-corrected chi connectivity index (χ0v) is 15.9. The summed E-state index contributed by atoms with van der Waals surface area (Å²) >= 11 is 0. The first-order valence-electron chi connectivity index (χ1n) is 9.43. The SMILES string of the molecule is Cn1nc(/C=C/c2ccccc2)c2cc(-c3cncc4cccc(F)c34)ccc21. The van der Waals surface area contributed by atoms with Crippen LogP contribution in [0.15, 0.2) is 79.1 Å². The van der Waals surface area contributed by atoms with Crippen LogP contribution in [0.2, 0.25) is 0 Å². The molecule has 0 aliphatic carbocycles. The van der Waals surface area contributed by atoms with Crippen molar-refractivity contribution in [3.63, 3.8) is 0 Å². The number of benzene rings is 3. The van der Waals surface area contributed by atoms with Crippen LogP contribution in [-0.4, -0.2) is 14.8 Å². The Morgan fingerprint density at radius 3 is 2.62 bits per heavy atom. The average molecular weight is 379 g/mol. The largest absolute Gasteiger partial charge is 0.267 e. The van der Waals surface area contributed by atoms with Crippen molar-refractivity contribution in [1.29, 1.82) is 0 Å². The predicted molar refractivity (Wildman–Crippen MR) is 117 cm³/mol. The lowest BCUT2D eigenvalue weighted by Gasteiger charge is -2.08. The van der Waals surface area contributed by atoms with Crippen LogP contribution in [0.5, 0.6) is 0 Å². The van der Waals surface area contributed by atoms with Crippen LogP contribution in [0, 0.1) is 5.82 Å². The highest BCUT2D eigenvalue weighted by atomic mass is 19.1. The van der Waals surface area contributed by atoms with Gasteiger partial charge in [0.05, 0.1) is 11.2 Å². The summed E-state index contributed by atoms with van der Waals surface area (Å²) in [5, 5.41) is 7.06. The maximum Gasteiger partial charge on any atom is 0.131 e. The lowest BCUT2D eigenvalue weighted by atomic mass is 9.99. The van der Waals surface area contributed by atoms with Crippen molar-refractivity contribution in [1.82, 2.24) is 14.8 Å². The molecule has 0 fully saturated rings. The first-order valence-corrected chi connectivity index (χ1v) is 9.43. The third-order valence-corrected chi connectivity index (χ3v) is 5.16. The Hall–Kier alpha value is -3.79. The third-order valence-electron chi connectivity index (χ3n) is 5.16. The molecule has 0 amide bonds.